The average molecular weight is 554 g/mol. The molecular weight excluding hydrogens is 518 g/mol. The molecule has 8 nitrogen and oxygen atoms in total. The van der Waals surface area contributed by atoms with E-state index in [1.165, 1.54) is 0 Å². The van der Waals surface area contributed by atoms with Crippen molar-refractivity contribution in [2.45, 2.75) is 52.3 Å². The zero-order chi connectivity index (χ0) is 28.5. The zero-order valence-electron chi connectivity index (χ0n) is 22.8. The number of nitrogens with zero attached hydrogens (tertiary/aromatic N) is 2. The fourth-order valence-electron chi connectivity index (χ4n) is 4.51. The second-order valence-electron chi connectivity index (χ2n) is 9.72. The van der Waals surface area contributed by atoms with E-state index >= 15 is 0 Å². The molecule has 39 heavy (non-hydrogen) atoms. The Morgan fingerprint density at radius 3 is 2.38 bits per heavy atom. The van der Waals surface area contributed by atoms with Gasteiger partial charge < -0.3 is 29.9 Å². The first-order chi connectivity index (χ1) is 18.6. The van der Waals surface area contributed by atoms with Crippen LogP contribution in [0, 0.1) is 11.3 Å². The van der Waals surface area contributed by atoms with Crippen molar-refractivity contribution in [1.82, 2.24) is 10.2 Å². The van der Waals surface area contributed by atoms with Crippen molar-refractivity contribution in [3.63, 3.8) is 0 Å². The molecular formula is C30H36ClN3O5. The van der Waals surface area contributed by atoms with E-state index in [9.17, 15) is 20.3 Å². The molecule has 1 heterocycles. The molecule has 3 rings (SSSR count). The standard InChI is InChI=1S/C30H36ClN3O5/c1-19(2)33-17-22(35)18-39-24-12-10-23(11-13-24)38-15-7-14-34-20(3)26(16-32)29(28(21(34)4)30(36)37)25-8-5-6-9-27(25)31/h5-6,8-13,19-20,22,33,35H,7,14-15,17-18H2,1-4H3,(H,36,37). The minimum atomic E-state index is -1.10. The first-order valence-corrected chi connectivity index (χ1v) is 13.4. The molecule has 0 bridgehead atoms. The van der Waals surface area contributed by atoms with Gasteiger partial charge in [-0.2, -0.15) is 5.26 Å². The molecule has 0 saturated carbocycles. The highest BCUT2D eigenvalue weighted by molar-refractivity contribution is 6.33. The van der Waals surface area contributed by atoms with Gasteiger partial charge in [0.05, 0.1) is 29.9 Å². The summed E-state index contributed by atoms with van der Waals surface area (Å²) in [6, 6.07) is 16.4. The lowest BCUT2D eigenvalue weighted by molar-refractivity contribution is -0.132. The van der Waals surface area contributed by atoms with Gasteiger partial charge in [-0.15, -0.1) is 0 Å². The molecule has 0 fully saturated rings. The molecule has 0 spiro atoms. The van der Waals surface area contributed by atoms with Gasteiger partial charge in [-0.25, -0.2) is 4.79 Å². The average Bonchev–Trinajstić information content (AvgIpc) is 2.90. The van der Waals surface area contributed by atoms with Crippen LogP contribution in [-0.2, 0) is 4.79 Å². The van der Waals surface area contributed by atoms with Crippen LogP contribution < -0.4 is 14.8 Å². The molecule has 0 radical (unpaired) electrons. The number of carboxylic acids is 1. The van der Waals surface area contributed by atoms with Crippen LogP contribution in [0.15, 0.2) is 65.4 Å². The second kappa shape index (κ2) is 14.0. The lowest BCUT2D eigenvalue weighted by atomic mass is 9.85. The summed E-state index contributed by atoms with van der Waals surface area (Å²) in [7, 11) is 0. The van der Waals surface area contributed by atoms with E-state index in [4.69, 9.17) is 21.1 Å². The highest BCUT2D eigenvalue weighted by Crippen LogP contribution is 2.40. The van der Waals surface area contributed by atoms with Crippen molar-refractivity contribution >= 4 is 23.1 Å². The molecule has 0 aliphatic carbocycles. The van der Waals surface area contributed by atoms with Crippen LogP contribution in [0.2, 0.25) is 5.02 Å². The Kier molecular flexibility index (Phi) is 10.8. The SMILES string of the molecule is CC1=C(C(=O)O)C(c2ccccc2Cl)=C(C#N)C(C)N1CCCOc1ccc(OCC(O)CNC(C)C)cc1. The van der Waals surface area contributed by atoms with Gasteiger partial charge >= 0.3 is 5.97 Å². The molecule has 0 saturated heterocycles. The van der Waals surface area contributed by atoms with Gasteiger partial charge in [0, 0.05) is 41.0 Å². The number of carboxylic acid groups (broad SMARTS) is 1. The van der Waals surface area contributed by atoms with Crippen LogP contribution in [-0.4, -0.2) is 65.6 Å². The first kappa shape index (κ1) is 30.0. The van der Waals surface area contributed by atoms with Crippen molar-refractivity contribution in [1.29, 1.82) is 5.26 Å². The number of ether oxygens (including phenoxy) is 2. The maximum absolute atomic E-state index is 12.3. The maximum atomic E-state index is 12.3. The highest BCUT2D eigenvalue weighted by atomic mass is 35.5. The topological polar surface area (TPSA) is 115 Å². The zero-order valence-corrected chi connectivity index (χ0v) is 23.5. The predicted octanol–water partition coefficient (Wildman–Crippen LogP) is 4.89. The smallest absolute Gasteiger partial charge is 0.338 e. The normalized spacial score (nSPS) is 16.4. The number of rotatable bonds is 13. The number of halogens is 1. The summed E-state index contributed by atoms with van der Waals surface area (Å²) >= 11 is 6.40. The van der Waals surface area contributed by atoms with Crippen LogP contribution in [0.25, 0.3) is 5.57 Å². The van der Waals surface area contributed by atoms with Crippen LogP contribution in [0.3, 0.4) is 0 Å². The quantitative estimate of drug-likeness (QED) is 0.300. The summed E-state index contributed by atoms with van der Waals surface area (Å²) in [5.74, 6) is 0.211. The van der Waals surface area contributed by atoms with Crippen molar-refractivity contribution < 1.29 is 24.5 Å². The minimum Gasteiger partial charge on any atom is -0.494 e. The van der Waals surface area contributed by atoms with E-state index in [0.29, 0.717) is 71.1 Å². The van der Waals surface area contributed by atoms with Gasteiger partial charge in [0.15, 0.2) is 0 Å². The Balaban J connectivity index is 1.60. The van der Waals surface area contributed by atoms with Crippen molar-refractivity contribution in [2.24, 2.45) is 0 Å². The van der Waals surface area contributed by atoms with E-state index in [2.05, 4.69) is 11.4 Å². The Labute approximate surface area is 235 Å². The number of benzene rings is 2. The van der Waals surface area contributed by atoms with Crippen LogP contribution >= 0.6 is 11.6 Å². The van der Waals surface area contributed by atoms with E-state index in [0.717, 1.165) is 0 Å². The van der Waals surface area contributed by atoms with Crippen molar-refractivity contribution in [3.8, 4) is 17.6 Å². The molecule has 9 heteroatoms. The number of hydrogen-bond acceptors (Lipinski definition) is 7. The van der Waals surface area contributed by atoms with E-state index in [1.807, 2.05) is 25.7 Å². The van der Waals surface area contributed by atoms with Gasteiger partial charge in [0.1, 0.15) is 24.2 Å². The van der Waals surface area contributed by atoms with Gasteiger partial charge in [-0.3, -0.25) is 0 Å². The summed E-state index contributed by atoms with van der Waals surface area (Å²) in [6.45, 7) is 9.26. The second-order valence-corrected chi connectivity index (χ2v) is 10.1. The molecule has 0 amide bonds. The molecule has 2 aromatic rings. The Morgan fingerprint density at radius 1 is 1.15 bits per heavy atom. The molecule has 2 unspecified atom stereocenters. The van der Waals surface area contributed by atoms with E-state index < -0.39 is 12.1 Å². The number of allylic oxidation sites excluding steroid dienone is 1. The number of aliphatic hydroxyl groups is 1. The molecule has 1 aliphatic rings. The Hall–Kier alpha value is -3.51. The van der Waals surface area contributed by atoms with Gasteiger partial charge in [-0.1, -0.05) is 43.6 Å². The third-order valence-electron chi connectivity index (χ3n) is 6.51. The predicted molar refractivity (Wildman–Crippen MR) is 152 cm³/mol. The highest BCUT2D eigenvalue weighted by Gasteiger charge is 2.35. The maximum Gasteiger partial charge on any atom is 0.338 e. The number of hydrogen-bond donors (Lipinski definition) is 3. The van der Waals surface area contributed by atoms with E-state index in [1.54, 1.807) is 55.5 Å². The number of aliphatic hydroxyl groups excluding tert-OH is 1. The molecule has 3 N–H and O–H groups in total. The summed E-state index contributed by atoms with van der Waals surface area (Å²) < 4.78 is 11.5. The summed E-state index contributed by atoms with van der Waals surface area (Å²) in [6.07, 6.45) is 0.0129. The fourth-order valence-corrected chi connectivity index (χ4v) is 4.74. The largest absolute Gasteiger partial charge is 0.494 e. The molecule has 2 atom stereocenters. The van der Waals surface area contributed by atoms with Gasteiger partial charge in [0.25, 0.3) is 0 Å². The molecule has 208 valence electrons. The summed E-state index contributed by atoms with van der Waals surface area (Å²) in [5, 5.41) is 33.6. The van der Waals surface area contributed by atoms with Gasteiger partial charge in [0.2, 0.25) is 0 Å². The fraction of sp³-hybridized carbons (Fsp3) is 0.400. The van der Waals surface area contributed by atoms with Crippen LogP contribution in [0.1, 0.15) is 39.7 Å². The number of nitrogens with one attached hydrogen (secondary N) is 1. The Bertz CT molecular complexity index is 1250. The third-order valence-corrected chi connectivity index (χ3v) is 6.84. The molecule has 2 aromatic carbocycles. The Morgan fingerprint density at radius 2 is 1.79 bits per heavy atom. The van der Waals surface area contributed by atoms with Crippen molar-refractivity contribution in [2.75, 3.05) is 26.3 Å². The van der Waals surface area contributed by atoms with Crippen molar-refractivity contribution in [3.05, 3.63) is 76.0 Å². The number of nitriles is 1. The third kappa shape index (κ3) is 7.76. The molecule has 1 aliphatic heterocycles. The van der Waals surface area contributed by atoms with Gasteiger partial charge in [-0.05, 0) is 50.6 Å². The summed E-state index contributed by atoms with van der Waals surface area (Å²) in [4.78, 5) is 14.3. The first-order valence-electron chi connectivity index (χ1n) is 13.0. The number of carbonyl (C=O) groups is 1. The monoisotopic (exact) mass is 553 g/mol. The minimum absolute atomic E-state index is 0.0827. The van der Waals surface area contributed by atoms with E-state index in [-0.39, 0.29) is 18.2 Å². The lowest BCUT2D eigenvalue weighted by Crippen LogP contribution is -2.39. The lowest BCUT2D eigenvalue weighted by Gasteiger charge is -2.38. The van der Waals surface area contributed by atoms with Crippen LogP contribution in [0.4, 0.5) is 0 Å². The number of aliphatic carboxylic acids is 1. The summed E-state index contributed by atoms with van der Waals surface area (Å²) in [5.41, 5.74) is 1.94. The van der Waals surface area contributed by atoms with Crippen LogP contribution in [0.5, 0.6) is 11.5 Å². The molecule has 0 aromatic heterocycles.